The average Bonchev–Trinajstić information content (AvgIpc) is 2.35. The van der Waals surface area contributed by atoms with Crippen LogP contribution in [0.25, 0.3) is 0 Å². The van der Waals surface area contributed by atoms with Crippen LogP contribution in [0.3, 0.4) is 0 Å². The van der Waals surface area contributed by atoms with E-state index in [0.29, 0.717) is 12.3 Å². The molecule has 0 bridgehead atoms. The van der Waals surface area contributed by atoms with Gasteiger partial charge in [-0.3, -0.25) is 0 Å². The predicted octanol–water partition coefficient (Wildman–Crippen LogP) is 2.35. The fraction of sp³-hybridized carbons (Fsp3) is 0.688. The number of aliphatic hydroxyl groups is 1. The van der Waals surface area contributed by atoms with Crippen LogP contribution in [0.15, 0.2) is 12.3 Å². The van der Waals surface area contributed by atoms with Crippen LogP contribution >= 0.6 is 0 Å². The highest BCUT2D eigenvalue weighted by molar-refractivity contribution is 5.37. The van der Waals surface area contributed by atoms with Gasteiger partial charge in [0, 0.05) is 24.2 Å². The Hall–Kier alpha value is -1.13. The number of hydrogen-bond acceptors (Lipinski definition) is 4. The van der Waals surface area contributed by atoms with Crippen molar-refractivity contribution in [2.75, 3.05) is 0 Å². The number of fused-ring (bicyclic) bond motifs is 1. The lowest BCUT2D eigenvalue weighted by Gasteiger charge is -2.50. The van der Waals surface area contributed by atoms with E-state index in [1.165, 1.54) is 5.56 Å². The van der Waals surface area contributed by atoms with Crippen LogP contribution in [-0.2, 0) is 6.42 Å². The highest BCUT2D eigenvalue weighted by atomic mass is 16.5. The molecule has 4 nitrogen and oxygen atoms in total. The minimum atomic E-state index is -0.481. The van der Waals surface area contributed by atoms with Crippen LogP contribution < -0.4 is 10.5 Å². The number of ether oxygens (including phenoxy) is 1. The zero-order valence-corrected chi connectivity index (χ0v) is 12.5. The van der Waals surface area contributed by atoms with Gasteiger partial charge in [-0.25, -0.2) is 4.98 Å². The average molecular weight is 276 g/mol. The molecule has 0 radical (unpaired) electrons. The van der Waals surface area contributed by atoms with Gasteiger partial charge < -0.3 is 15.6 Å². The summed E-state index contributed by atoms with van der Waals surface area (Å²) in [5.41, 5.74) is 8.21. The van der Waals surface area contributed by atoms with Gasteiger partial charge in [0.25, 0.3) is 0 Å². The molecule has 2 aliphatic rings. The maximum Gasteiger partial charge on any atom is 0.218 e. The Morgan fingerprint density at radius 1 is 1.50 bits per heavy atom. The standard InChI is InChI=1S/C16H24N2O2/c1-15(2,3)7-10-6-11-12(17)8-16(5-4-13(16)19)20-14(11)18-9-10/h6,9,12-13,19H,4-5,7-8,17H2,1-3H3/t12?,13-,16-/m0/s1. The summed E-state index contributed by atoms with van der Waals surface area (Å²) in [5, 5.41) is 9.97. The number of nitrogens with zero attached hydrogens (tertiary/aromatic N) is 1. The van der Waals surface area contributed by atoms with Gasteiger partial charge >= 0.3 is 0 Å². The van der Waals surface area contributed by atoms with E-state index >= 15 is 0 Å². The lowest BCUT2D eigenvalue weighted by Crippen LogP contribution is -2.59. The van der Waals surface area contributed by atoms with Crippen molar-refractivity contribution in [3.05, 3.63) is 23.4 Å². The first-order valence-electron chi connectivity index (χ1n) is 7.41. The number of aliphatic hydroxyl groups excluding tert-OH is 1. The van der Waals surface area contributed by atoms with Gasteiger partial charge in [0.2, 0.25) is 5.88 Å². The molecule has 0 aromatic carbocycles. The van der Waals surface area contributed by atoms with Crippen molar-refractivity contribution in [3.8, 4) is 5.88 Å². The summed E-state index contributed by atoms with van der Waals surface area (Å²) in [4.78, 5) is 4.45. The van der Waals surface area contributed by atoms with Gasteiger partial charge in [-0.05, 0) is 36.3 Å². The topological polar surface area (TPSA) is 68.4 Å². The van der Waals surface area contributed by atoms with Gasteiger partial charge in [0.1, 0.15) is 5.60 Å². The lowest BCUT2D eigenvalue weighted by atomic mass is 9.71. The summed E-state index contributed by atoms with van der Waals surface area (Å²) in [5.74, 6) is 0.611. The molecule has 0 saturated heterocycles. The smallest absolute Gasteiger partial charge is 0.218 e. The minimum Gasteiger partial charge on any atom is -0.468 e. The zero-order valence-electron chi connectivity index (χ0n) is 12.5. The maximum absolute atomic E-state index is 9.97. The molecule has 110 valence electrons. The molecule has 1 aliphatic carbocycles. The van der Waals surface area contributed by atoms with Crippen molar-refractivity contribution in [2.24, 2.45) is 11.1 Å². The van der Waals surface area contributed by atoms with E-state index < -0.39 is 11.7 Å². The van der Waals surface area contributed by atoms with Crippen LogP contribution in [0.5, 0.6) is 5.88 Å². The van der Waals surface area contributed by atoms with Gasteiger partial charge in [-0.1, -0.05) is 20.8 Å². The molecule has 1 spiro atoms. The molecule has 3 N–H and O–H groups in total. The van der Waals surface area contributed by atoms with Crippen LogP contribution in [0.1, 0.15) is 57.2 Å². The van der Waals surface area contributed by atoms with Gasteiger partial charge in [-0.2, -0.15) is 0 Å². The Balaban J connectivity index is 1.88. The molecule has 0 amide bonds. The molecule has 20 heavy (non-hydrogen) atoms. The Morgan fingerprint density at radius 2 is 2.25 bits per heavy atom. The third-order valence-corrected chi connectivity index (χ3v) is 4.38. The summed E-state index contributed by atoms with van der Waals surface area (Å²) in [6.45, 7) is 6.63. The second kappa shape index (κ2) is 4.43. The predicted molar refractivity (Wildman–Crippen MR) is 77.5 cm³/mol. The SMILES string of the molecule is CC(C)(C)Cc1cnc2c(c1)C(N)C[C@]1(CC[C@@H]1O)O2. The first-order chi connectivity index (χ1) is 9.29. The van der Waals surface area contributed by atoms with Crippen LogP contribution in [0.2, 0.25) is 0 Å². The molecule has 1 aliphatic heterocycles. The molecule has 4 heteroatoms. The van der Waals surface area contributed by atoms with E-state index in [2.05, 4.69) is 31.8 Å². The monoisotopic (exact) mass is 276 g/mol. The molecule has 1 aromatic heterocycles. The van der Waals surface area contributed by atoms with Crippen LogP contribution in [0.4, 0.5) is 0 Å². The molecular weight excluding hydrogens is 252 g/mol. The summed E-state index contributed by atoms with van der Waals surface area (Å²) in [6, 6.07) is 2.03. The molecule has 2 heterocycles. The zero-order chi connectivity index (χ0) is 14.5. The Kier molecular flexibility index (Phi) is 3.07. The number of rotatable bonds is 1. The summed E-state index contributed by atoms with van der Waals surface area (Å²) < 4.78 is 5.98. The van der Waals surface area contributed by atoms with E-state index in [0.717, 1.165) is 24.8 Å². The van der Waals surface area contributed by atoms with Crippen molar-refractivity contribution in [2.45, 2.75) is 64.2 Å². The molecule has 1 fully saturated rings. The quantitative estimate of drug-likeness (QED) is 0.826. The highest BCUT2D eigenvalue weighted by Gasteiger charge is 2.52. The van der Waals surface area contributed by atoms with Crippen molar-refractivity contribution < 1.29 is 9.84 Å². The van der Waals surface area contributed by atoms with E-state index in [1.54, 1.807) is 0 Å². The molecule has 1 saturated carbocycles. The van der Waals surface area contributed by atoms with E-state index in [9.17, 15) is 5.11 Å². The normalized spacial score (nSPS) is 32.5. The summed E-state index contributed by atoms with van der Waals surface area (Å²) in [6.07, 6.45) is 4.78. The number of pyridine rings is 1. The van der Waals surface area contributed by atoms with Crippen molar-refractivity contribution in [1.82, 2.24) is 4.98 Å². The fourth-order valence-electron chi connectivity index (χ4n) is 3.24. The van der Waals surface area contributed by atoms with E-state index in [1.807, 2.05) is 6.20 Å². The minimum absolute atomic E-state index is 0.0962. The van der Waals surface area contributed by atoms with Crippen molar-refractivity contribution >= 4 is 0 Å². The van der Waals surface area contributed by atoms with E-state index in [4.69, 9.17) is 10.5 Å². The second-order valence-corrected chi connectivity index (χ2v) is 7.51. The molecule has 1 aromatic rings. The lowest BCUT2D eigenvalue weighted by molar-refractivity contribution is -0.142. The van der Waals surface area contributed by atoms with Crippen molar-refractivity contribution in [1.29, 1.82) is 0 Å². The largest absolute Gasteiger partial charge is 0.468 e. The molecular formula is C16H24N2O2. The number of hydrogen-bond donors (Lipinski definition) is 2. The number of aromatic nitrogens is 1. The number of nitrogens with two attached hydrogens (primary N) is 1. The first kappa shape index (κ1) is 13.8. The fourth-order valence-corrected chi connectivity index (χ4v) is 3.24. The summed E-state index contributed by atoms with van der Waals surface area (Å²) in [7, 11) is 0. The summed E-state index contributed by atoms with van der Waals surface area (Å²) >= 11 is 0. The second-order valence-electron chi connectivity index (χ2n) is 7.51. The maximum atomic E-state index is 9.97. The first-order valence-corrected chi connectivity index (χ1v) is 7.41. The van der Waals surface area contributed by atoms with Gasteiger partial charge in [-0.15, -0.1) is 0 Å². The Morgan fingerprint density at radius 3 is 2.80 bits per heavy atom. The Labute approximate surface area is 120 Å². The Bertz CT molecular complexity index is 524. The van der Waals surface area contributed by atoms with Gasteiger partial charge in [0.15, 0.2) is 0 Å². The van der Waals surface area contributed by atoms with Crippen molar-refractivity contribution in [3.63, 3.8) is 0 Å². The van der Waals surface area contributed by atoms with Crippen LogP contribution in [-0.4, -0.2) is 21.8 Å². The van der Waals surface area contributed by atoms with E-state index in [-0.39, 0.29) is 11.5 Å². The highest BCUT2D eigenvalue weighted by Crippen LogP contribution is 2.47. The third-order valence-electron chi connectivity index (χ3n) is 4.38. The third kappa shape index (κ3) is 2.31. The van der Waals surface area contributed by atoms with Gasteiger partial charge in [0.05, 0.1) is 6.10 Å². The molecule has 1 unspecified atom stereocenters. The van der Waals surface area contributed by atoms with Crippen LogP contribution in [0, 0.1) is 5.41 Å². The molecule has 3 atom stereocenters. The molecule has 3 rings (SSSR count).